The first-order valence-corrected chi connectivity index (χ1v) is 6.51. The first kappa shape index (κ1) is 13.5. The molecule has 1 aromatic heterocycles. The van der Waals surface area contributed by atoms with Crippen LogP contribution in [0, 0.1) is 0 Å². The summed E-state index contributed by atoms with van der Waals surface area (Å²) in [4.78, 5) is 14.8. The van der Waals surface area contributed by atoms with E-state index in [1.54, 1.807) is 24.3 Å². The third-order valence-corrected chi connectivity index (χ3v) is 3.20. The number of carbonyl (C=O) groups is 1. The Morgan fingerprint density at radius 2 is 2.10 bits per heavy atom. The summed E-state index contributed by atoms with van der Waals surface area (Å²) >= 11 is 5.76. The topological polar surface area (TPSA) is 68.7 Å². The Kier molecular flexibility index (Phi) is 3.50. The highest BCUT2D eigenvalue weighted by molar-refractivity contribution is 6.29. The third kappa shape index (κ3) is 2.83. The van der Waals surface area contributed by atoms with Gasteiger partial charge in [-0.25, -0.2) is 9.78 Å². The molecule has 0 bridgehead atoms. The number of fused-ring (bicyclic) bond motifs is 1. The van der Waals surface area contributed by atoms with Crippen LogP contribution in [0.4, 0.5) is 4.79 Å². The van der Waals surface area contributed by atoms with E-state index in [0.717, 1.165) is 5.56 Å². The molecule has 1 aliphatic heterocycles. The van der Waals surface area contributed by atoms with Crippen molar-refractivity contribution in [3.05, 3.63) is 64.6 Å². The second-order valence-corrected chi connectivity index (χ2v) is 4.75. The summed E-state index contributed by atoms with van der Waals surface area (Å²) in [5.41, 5.74) is 1.41. The molecule has 0 saturated heterocycles. The van der Waals surface area contributed by atoms with Gasteiger partial charge < -0.3 is 14.6 Å². The van der Waals surface area contributed by atoms with Gasteiger partial charge in [0, 0.05) is 17.3 Å². The van der Waals surface area contributed by atoms with E-state index in [9.17, 15) is 4.79 Å². The Hall–Kier alpha value is -2.53. The maximum absolute atomic E-state index is 10.9. The average molecular weight is 304 g/mol. The van der Waals surface area contributed by atoms with Crippen molar-refractivity contribution >= 4 is 23.8 Å². The van der Waals surface area contributed by atoms with Crippen molar-refractivity contribution in [1.82, 2.24) is 4.98 Å². The molecule has 1 aromatic carbocycles. The Labute approximate surface area is 125 Å². The van der Waals surface area contributed by atoms with Gasteiger partial charge in [-0.3, -0.25) is 0 Å². The predicted molar refractivity (Wildman–Crippen MR) is 76.1 cm³/mol. The number of para-hydroxylation sites is 1. The molecule has 21 heavy (non-hydrogen) atoms. The predicted octanol–water partition coefficient (Wildman–Crippen LogP) is 3.90. The lowest BCUT2D eigenvalue weighted by Crippen LogP contribution is -2.18. The van der Waals surface area contributed by atoms with Crippen molar-refractivity contribution in [3.8, 4) is 5.75 Å². The standard InChI is InChI=1S/C15H10ClNO4/c16-13-6-5-10(8-17-13)14-12(21-15(18)19)7-9-3-1-2-4-11(9)20-14/h1-8,14H,(H,18,19). The van der Waals surface area contributed by atoms with Gasteiger partial charge in [-0.05, 0) is 18.2 Å². The zero-order valence-corrected chi connectivity index (χ0v) is 11.4. The summed E-state index contributed by atoms with van der Waals surface area (Å²) in [7, 11) is 0. The summed E-state index contributed by atoms with van der Waals surface area (Å²) in [6.07, 6.45) is 1.10. The molecule has 6 heteroatoms. The second-order valence-electron chi connectivity index (χ2n) is 4.36. The number of hydrogen-bond donors (Lipinski definition) is 1. The van der Waals surface area contributed by atoms with Crippen LogP contribution in [-0.2, 0) is 4.74 Å². The van der Waals surface area contributed by atoms with E-state index < -0.39 is 12.3 Å². The van der Waals surface area contributed by atoms with Crippen molar-refractivity contribution in [2.24, 2.45) is 0 Å². The van der Waals surface area contributed by atoms with Gasteiger partial charge >= 0.3 is 6.16 Å². The zero-order chi connectivity index (χ0) is 14.8. The minimum Gasteiger partial charge on any atom is -0.477 e. The summed E-state index contributed by atoms with van der Waals surface area (Å²) in [6.45, 7) is 0. The molecule has 1 atom stereocenters. The van der Waals surface area contributed by atoms with Crippen LogP contribution in [0.1, 0.15) is 17.2 Å². The molecule has 2 aromatic rings. The molecule has 1 unspecified atom stereocenters. The van der Waals surface area contributed by atoms with Crippen LogP contribution in [0.3, 0.4) is 0 Å². The fourth-order valence-electron chi connectivity index (χ4n) is 2.08. The van der Waals surface area contributed by atoms with E-state index in [2.05, 4.69) is 4.98 Å². The number of halogens is 1. The third-order valence-electron chi connectivity index (χ3n) is 2.98. The number of benzene rings is 1. The van der Waals surface area contributed by atoms with Crippen LogP contribution in [0.15, 0.2) is 48.4 Å². The van der Waals surface area contributed by atoms with Crippen LogP contribution in [0.5, 0.6) is 5.75 Å². The van der Waals surface area contributed by atoms with E-state index in [-0.39, 0.29) is 5.76 Å². The summed E-state index contributed by atoms with van der Waals surface area (Å²) in [5.74, 6) is 0.834. The van der Waals surface area contributed by atoms with E-state index >= 15 is 0 Å². The fraction of sp³-hybridized carbons (Fsp3) is 0.0667. The molecule has 0 amide bonds. The molecule has 2 heterocycles. The molecule has 5 nitrogen and oxygen atoms in total. The SMILES string of the molecule is O=C(O)OC1=Cc2ccccc2OC1c1ccc(Cl)nc1. The minimum absolute atomic E-state index is 0.185. The lowest BCUT2D eigenvalue weighted by atomic mass is 10.0. The van der Waals surface area contributed by atoms with Gasteiger partial charge in [-0.1, -0.05) is 35.9 Å². The molecule has 0 radical (unpaired) electrons. The second kappa shape index (κ2) is 5.46. The molecule has 0 fully saturated rings. The maximum atomic E-state index is 10.9. The molecular formula is C15H10ClNO4. The van der Waals surface area contributed by atoms with Crippen molar-refractivity contribution in [3.63, 3.8) is 0 Å². The van der Waals surface area contributed by atoms with Gasteiger partial charge in [-0.2, -0.15) is 0 Å². The van der Waals surface area contributed by atoms with Crippen LogP contribution < -0.4 is 4.74 Å². The van der Waals surface area contributed by atoms with Gasteiger partial charge in [-0.15, -0.1) is 0 Å². The van der Waals surface area contributed by atoms with Crippen LogP contribution in [0.25, 0.3) is 6.08 Å². The monoisotopic (exact) mass is 303 g/mol. The largest absolute Gasteiger partial charge is 0.511 e. The van der Waals surface area contributed by atoms with E-state index in [4.69, 9.17) is 26.2 Å². The summed E-state index contributed by atoms with van der Waals surface area (Å²) in [6, 6.07) is 10.6. The summed E-state index contributed by atoms with van der Waals surface area (Å²) in [5, 5.41) is 9.21. The van der Waals surface area contributed by atoms with Crippen molar-refractivity contribution in [2.75, 3.05) is 0 Å². The minimum atomic E-state index is -1.39. The number of pyridine rings is 1. The maximum Gasteiger partial charge on any atom is 0.511 e. The van der Waals surface area contributed by atoms with Crippen LogP contribution >= 0.6 is 11.6 Å². The molecule has 3 rings (SSSR count). The number of nitrogens with zero attached hydrogens (tertiary/aromatic N) is 1. The molecule has 106 valence electrons. The van der Waals surface area contributed by atoms with Crippen molar-refractivity contribution < 1.29 is 19.4 Å². The normalized spacial score (nSPS) is 16.4. The summed E-state index contributed by atoms with van der Waals surface area (Å²) < 4.78 is 10.7. The van der Waals surface area contributed by atoms with Gasteiger partial charge in [0.2, 0.25) is 0 Å². The average Bonchev–Trinajstić information content (AvgIpc) is 2.47. The Bertz CT molecular complexity index is 712. The molecule has 0 saturated carbocycles. The number of ether oxygens (including phenoxy) is 2. The smallest absolute Gasteiger partial charge is 0.477 e. The zero-order valence-electron chi connectivity index (χ0n) is 10.7. The van der Waals surface area contributed by atoms with Gasteiger partial charge in [0.25, 0.3) is 0 Å². The lowest BCUT2D eigenvalue weighted by molar-refractivity contribution is 0.0899. The highest BCUT2D eigenvalue weighted by Gasteiger charge is 2.27. The lowest BCUT2D eigenvalue weighted by Gasteiger charge is -2.25. The van der Waals surface area contributed by atoms with Crippen LogP contribution in [-0.4, -0.2) is 16.2 Å². The Balaban J connectivity index is 2.03. The molecular weight excluding hydrogens is 294 g/mol. The highest BCUT2D eigenvalue weighted by Crippen LogP contribution is 2.37. The van der Waals surface area contributed by atoms with Crippen molar-refractivity contribution in [2.45, 2.75) is 6.10 Å². The fourth-order valence-corrected chi connectivity index (χ4v) is 2.19. The number of aromatic nitrogens is 1. The number of rotatable bonds is 2. The van der Waals surface area contributed by atoms with E-state index in [1.807, 2.05) is 18.2 Å². The van der Waals surface area contributed by atoms with Crippen LogP contribution in [0.2, 0.25) is 5.15 Å². The van der Waals surface area contributed by atoms with E-state index in [0.29, 0.717) is 16.5 Å². The van der Waals surface area contributed by atoms with Gasteiger partial charge in [0.1, 0.15) is 10.9 Å². The number of hydrogen-bond acceptors (Lipinski definition) is 4. The van der Waals surface area contributed by atoms with Gasteiger partial charge in [0.05, 0.1) is 0 Å². The molecule has 0 spiro atoms. The first-order chi connectivity index (χ1) is 10.1. The molecule has 0 aliphatic carbocycles. The number of carboxylic acid groups (broad SMARTS) is 1. The van der Waals surface area contributed by atoms with Crippen molar-refractivity contribution in [1.29, 1.82) is 0 Å². The Morgan fingerprint density at radius 1 is 1.29 bits per heavy atom. The van der Waals surface area contributed by atoms with Gasteiger partial charge in [0.15, 0.2) is 11.9 Å². The first-order valence-electron chi connectivity index (χ1n) is 6.13. The Morgan fingerprint density at radius 3 is 2.81 bits per heavy atom. The quantitative estimate of drug-likeness (QED) is 0.673. The highest BCUT2D eigenvalue weighted by atomic mass is 35.5. The molecule has 1 aliphatic rings. The van der Waals surface area contributed by atoms with E-state index in [1.165, 1.54) is 6.20 Å². The molecule has 1 N–H and O–H groups in total.